The second-order valence-electron chi connectivity index (χ2n) is 3.41. The van der Waals surface area contributed by atoms with Gasteiger partial charge in [0.1, 0.15) is 5.75 Å². The first kappa shape index (κ1) is 9.90. The summed E-state index contributed by atoms with van der Waals surface area (Å²) in [7, 11) is 3.77. The minimum absolute atomic E-state index is 0.507. The number of hydrogen-bond donors (Lipinski definition) is 0. The molecule has 0 unspecified atom stereocenters. The molecule has 0 aliphatic carbocycles. The molecule has 0 saturated carbocycles. The highest BCUT2D eigenvalue weighted by Crippen LogP contribution is 2.20. The average molecular weight is 179 g/mol. The molecular weight excluding hydrogens is 162 g/mol. The zero-order valence-electron chi connectivity index (χ0n) is 8.74. The van der Waals surface area contributed by atoms with Gasteiger partial charge in [-0.3, -0.25) is 0 Å². The molecule has 2 heteroatoms. The van der Waals surface area contributed by atoms with Crippen LogP contribution in [0.1, 0.15) is 13.8 Å². The van der Waals surface area contributed by atoms with Crippen molar-refractivity contribution in [3.63, 3.8) is 0 Å². The van der Waals surface area contributed by atoms with E-state index in [1.807, 2.05) is 18.2 Å². The summed E-state index contributed by atoms with van der Waals surface area (Å²) < 4.78 is 5.16. The van der Waals surface area contributed by atoms with Crippen LogP contribution in [-0.2, 0) is 0 Å². The fourth-order valence-corrected chi connectivity index (χ4v) is 1.13. The maximum atomic E-state index is 5.16. The van der Waals surface area contributed by atoms with E-state index in [1.54, 1.807) is 7.11 Å². The Morgan fingerprint density at radius 2 is 2.00 bits per heavy atom. The molecule has 0 aliphatic heterocycles. The molecule has 13 heavy (non-hydrogen) atoms. The number of anilines is 1. The summed E-state index contributed by atoms with van der Waals surface area (Å²) in [6, 6.07) is 8.60. The van der Waals surface area contributed by atoms with Crippen molar-refractivity contribution < 1.29 is 4.74 Å². The van der Waals surface area contributed by atoms with Gasteiger partial charge >= 0.3 is 0 Å². The van der Waals surface area contributed by atoms with Crippen LogP contribution in [0.15, 0.2) is 24.3 Å². The van der Waals surface area contributed by atoms with E-state index in [9.17, 15) is 0 Å². The van der Waals surface area contributed by atoms with Crippen LogP contribution in [-0.4, -0.2) is 20.2 Å². The number of hydrogen-bond acceptors (Lipinski definition) is 2. The Labute approximate surface area is 80.1 Å². The quantitative estimate of drug-likeness (QED) is 0.707. The lowest BCUT2D eigenvalue weighted by molar-refractivity contribution is 0.414. The predicted octanol–water partition coefficient (Wildman–Crippen LogP) is 2.54. The van der Waals surface area contributed by atoms with E-state index in [0.29, 0.717) is 6.04 Å². The molecule has 0 amide bonds. The zero-order chi connectivity index (χ0) is 9.84. The van der Waals surface area contributed by atoms with Gasteiger partial charge in [0.05, 0.1) is 7.11 Å². The van der Waals surface area contributed by atoms with Crippen molar-refractivity contribution >= 4 is 5.69 Å². The van der Waals surface area contributed by atoms with Gasteiger partial charge in [0.25, 0.3) is 0 Å². The smallest absolute Gasteiger partial charge is 0.120 e. The summed E-state index contributed by atoms with van der Waals surface area (Å²) in [5, 5.41) is 0. The maximum Gasteiger partial charge on any atom is 0.120 e. The summed E-state index contributed by atoms with van der Waals surface area (Å²) in [5.74, 6) is 0.907. The topological polar surface area (TPSA) is 12.5 Å². The first-order chi connectivity index (χ1) is 6.15. The Kier molecular flexibility index (Phi) is 3.18. The van der Waals surface area contributed by atoms with Crippen molar-refractivity contribution in [2.45, 2.75) is 19.9 Å². The van der Waals surface area contributed by atoms with E-state index in [0.717, 1.165) is 5.75 Å². The highest BCUT2D eigenvalue weighted by Gasteiger charge is 2.04. The Hall–Kier alpha value is -1.18. The Balaban J connectivity index is 2.88. The average Bonchev–Trinajstić information content (AvgIpc) is 2.16. The number of ether oxygens (including phenoxy) is 1. The van der Waals surface area contributed by atoms with Gasteiger partial charge in [-0.2, -0.15) is 0 Å². The Morgan fingerprint density at radius 1 is 1.31 bits per heavy atom. The third-order valence-corrected chi connectivity index (χ3v) is 2.24. The number of nitrogens with zero attached hydrogens (tertiary/aromatic N) is 1. The predicted molar refractivity (Wildman–Crippen MR) is 56.5 cm³/mol. The Morgan fingerprint density at radius 3 is 2.54 bits per heavy atom. The van der Waals surface area contributed by atoms with Crippen LogP contribution in [0.3, 0.4) is 0 Å². The molecule has 1 aromatic carbocycles. The largest absolute Gasteiger partial charge is 0.497 e. The fourth-order valence-electron chi connectivity index (χ4n) is 1.13. The monoisotopic (exact) mass is 179 g/mol. The van der Waals surface area contributed by atoms with Crippen LogP contribution in [0, 0.1) is 0 Å². The van der Waals surface area contributed by atoms with Crippen LogP contribution in [0.25, 0.3) is 0 Å². The second-order valence-corrected chi connectivity index (χ2v) is 3.41. The third-order valence-electron chi connectivity index (χ3n) is 2.24. The van der Waals surface area contributed by atoms with Crippen LogP contribution < -0.4 is 9.64 Å². The van der Waals surface area contributed by atoms with Gasteiger partial charge in [-0.05, 0) is 26.0 Å². The first-order valence-corrected chi connectivity index (χ1v) is 4.52. The van der Waals surface area contributed by atoms with Gasteiger partial charge in [-0.1, -0.05) is 6.07 Å². The molecule has 0 aliphatic rings. The summed E-state index contributed by atoms with van der Waals surface area (Å²) in [6.45, 7) is 4.33. The second kappa shape index (κ2) is 4.17. The van der Waals surface area contributed by atoms with Gasteiger partial charge in [0, 0.05) is 24.8 Å². The summed E-state index contributed by atoms with van der Waals surface area (Å²) in [5.41, 5.74) is 1.19. The van der Waals surface area contributed by atoms with E-state index in [2.05, 4.69) is 31.9 Å². The lowest BCUT2D eigenvalue weighted by atomic mass is 10.2. The normalized spacial score (nSPS) is 10.2. The molecule has 0 saturated heterocycles. The first-order valence-electron chi connectivity index (χ1n) is 4.52. The van der Waals surface area contributed by atoms with Crippen LogP contribution in [0.2, 0.25) is 0 Å². The molecule has 1 aromatic rings. The molecule has 0 N–H and O–H groups in total. The van der Waals surface area contributed by atoms with E-state index >= 15 is 0 Å². The van der Waals surface area contributed by atoms with Crippen LogP contribution >= 0.6 is 0 Å². The third kappa shape index (κ3) is 2.38. The SMILES string of the molecule is COc1cccc(N(C)C(C)C)c1. The molecule has 0 atom stereocenters. The molecule has 2 nitrogen and oxygen atoms in total. The summed E-state index contributed by atoms with van der Waals surface area (Å²) in [4.78, 5) is 2.21. The van der Waals surface area contributed by atoms with Crippen LogP contribution in [0.5, 0.6) is 5.75 Å². The van der Waals surface area contributed by atoms with Crippen molar-refractivity contribution in [2.24, 2.45) is 0 Å². The van der Waals surface area contributed by atoms with E-state index in [-0.39, 0.29) is 0 Å². The summed E-state index contributed by atoms with van der Waals surface area (Å²) >= 11 is 0. The van der Waals surface area contributed by atoms with Gasteiger partial charge in [0.15, 0.2) is 0 Å². The summed E-state index contributed by atoms with van der Waals surface area (Å²) in [6.07, 6.45) is 0. The van der Waals surface area contributed by atoms with E-state index in [1.165, 1.54) is 5.69 Å². The molecule has 0 radical (unpaired) electrons. The van der Waals surface area contributed by atoms with Gasteiger partial charge in [0.2, 0.25) is 0 Å². The van der Waals surface area contributed by atoms with Crippen LogP contribution in [0.4, 0.5) is 5.69 Å². The minimum atomic E-state index is 0.507. The van der Waals surface area contributed by atoms with Crippen molar-refractivity contribution in [1.82, 2.24) is 0 Å². The molecule has 0 aromatic heterocycles. The molecule has 0 spiro atoms. The molecular formula is C11H17NO. The van der Waals surface area contributed by atoms with E-state index in [4.69, 9.17) is 4.74 Å². The van der Waals surface area contributed by atoms with Gasteiger partial charge in [-0.15, -0.1) is 0 Å². The lowest BCUT2D eigenvalue weighted by Gasteiger charge is -2.23. The van der Waals surface area contributed by atoms with Crippen molar-refractivity contribution in [3.8, 4) is 5.75 Å². The maximum absolute atomic E-state index is 5.16. The fraction of sp³-hybridized carbons (Fsp3) is 0.455. The number of methoxy groups -OCH3 is 1. The molecule has 0 heterocycles. The van der Waals surface area contributed by atoms with Gasteiger partial charge in [-0.25, -0.2) is 0 Å². The molecule has 0 fully saturated rings. The molecule has 0 bridgehead atoms. The minimum Gasteiger partial charge on any atom is -0.497 e. The standard InChI is InChI=1S/C11H17NO/c1-9(2)12(3)10-6-5-7-11(8-10)13-4/h5-9H,1-4H3. The van der Waals surface area contributed by atoms with Crippen molar-refractivity contribution in [2.75, 3.05) is 19.1 Å². The van der Waals surface area contributed by atoms with Gasteiger partial charge < -0.3 is 9.64 Å². The highest BCUT2D eigenvalue weighted by molar-refractivity contribution is 5.50. The molecule has 1 rings (SSSR count). The highest BCUT2D eigenvalue weighted by atomic mass is 16.5. The number of benzene rings is 1. The molecule has 72 valence electrons. The Bertz CT molecular complexity index is 271. The number of rotatable bonds is 3. The lowest BCUT2D eigenvalue weighted by Crippen LogP contribution is -2.25. The van der Waals surface area contributed by atoms with Crippen molar-refractivity contribution in [3.05, 3.63) is 24.3 Å². The van der Waals surface area contributed by atoms with E-state index < -0.39 is 0 Å². The zero-order valence-corrected chi connectivity index (χ0v) is 8.74. The van der Waals surface area contributed by atoms with Crippen molar-refractivity contribution in [1.29, 1.82) is 0 Å².